The Hall–Kier alpha value is -14.4. The van der Waals surface area contributed by atoms with Crippen molar-refractivity contribution < 1.29 is 85.6 Å². The number of hydrogen-bond acceptors (Lipinski definition) is 28. The summed E-state index contributed by atoms with van der Waals surface area (Å²) in [6.45, 7) is 20.4. The summed E-state index contributed by atoms with van der Waals surface area (Å²) in [5.41, 5.74) is 11.5. The van der Waals surface area contributed by atoms with Crippen LogP contribution in [0.25, 0.3) is 28.2 Å². The first-order valence-corrected chi connectivity index (χ1v) is 49.6. The number of nitrogens with two attached hydrogens (primary N) is 1. The second-order valence-electron chi connectivity index (χ2n) is 40.8. The maximum Gasteiger partial charge on any atom is 1.00 e. The summed E-state index contributed by atoms with van der Waals surface area (Å²) in [4.78, 5) is 147. The van der Waals surface area contributed by atoms with Crippen molar-refractivity contribution >= 4 is 94.5 Å². The predicted octanol–water partition coefficient (Wildman–Crippen LogP) is 8.47. The molecule has 5 saturated heterocycles. The summed E-state index contributed by atoms with van der Waals surface area (Å²) in [6.07, 6.45) is 29.5. The second kappa shape index (κ2) is 40.8. The van der Waals surface area contributed by atoms with Gasteiger partial charge in [-0.3, -0.25) is 43.2 Å². The molecular formula is C103H111ClF5N28NaO12. The van der Waals surface area contributed by atoms with Crippen LogP contribution in [0.15, 0.2) is 178 Å². The molecule has 2 amide bonds. The first-order valence-electron chi connectivity index (χ1n) is 49.6. The van der Waals surface area contributed by atoms with Gasteiger partial charge in [-0.1, -0.05) is 21.3 Å². The molecule has 8 bridgehead atoms. The van der Waals surface area contributed by atoms with Gasteiger partial charge in [0.25, 0.3) is 52.6 Å². The molecule has 5 N–H and O–H groups in total. The number of fused-ring (bicyclic) bond motifs is 22. The minimum Gasteiger partial charge on any atom is -0.870 e. The summed E-state index contributed by atoms with van der Waals surface area (Å²) in [7, 11) is 0. The van der Waals surface area contributed by atoms with Crippen molar-refractivity contribution in [2.75, 3.05) is 76.9 Å². The van der Waals surface area contributed by atoms with Crippen LogP contribution in [0.4, 0.5) is 51.0 Å². The standard InChI is InChI=1S/C21H22FN5O3.C21H24FN5O.C20H21FN6O3.2C20H19FN6O2.CH4.ClH.Na.H2O/c1-3-12(2)25-10-14(22)7-16(21(25)29)19-15-6-13(15)9-26(19)18-4-5-27-20(24-18)17(8-23-27)30-11-28;1-4-13(3)25-11-15(22)8-17(21(25)28)19-16-7-14(16)10-26(19)18-5-6-27-20(24-18)12(2)9-23-27;1-11(6-22)25-9-13(21)5-15(20(25)29)18-14-4-12(14)8-26(18)17-2-3-27-19(24-17)16(7-23-27)30-10-28;2*1-10-6-22-19(28)15-7-23-27-3-2-16(24-18(15)27)26-8-11-4-13(11)17(26)14-5-12(21)9-25(10)20(14)29;;;;/h4-5,7-8,10-13,15,19H,3,6,9H2,1-2H3;5-6,8-9,11,13-14,16,19H,4,7,10H2,1-3H3;2-3,5,7,9-12,14,18H,4,6,8,22H2,1H3;2*2-3,5,7,9-11,13,17H,4,6,8H2,1H3,(H,22,28);1H4;1H;;1H2/q;;;;;;;+1;/p-1/t12-,13?,15?,19?;13-,14?,16?,19?;11-,12?,14?,18?;10-,11?,13-,17-;10-,11+,13+,17+;;;;/m00000..../s1. The van der Waals surface area contributed by atoms with E-state index in [1.807, 2.05) is 70.0 Å². The van der Waals surface area contributed by atoms with Crippen molar-refractivity contribution in [3.05, 3.63) is 279 Å². The fourth-order valence-electron chi connectivity index (χ4n) is 23.3. The zero-order valence-corrected chi connectivity index (χ0v) is 85.6. The smallest absolute Gasteiger partial charge is 0.870 e. The molecule has 15 aromatic rings. The van der Waals surface area contributed by atoms with Gasteiger partial charge in [0.1, 0.15) is 69.3 Å². The fourth-order valence-corrected chi connectivity index (χ4v) is 23.3. The number of ether oxygens (including phenoxy) is 2. The zero-order valence-electron chi connectivity index (χ0n) is 82.7. The van der Waals surface area contributed by atoms with Gasteiger partial charge in [0.05, 0.1) is 73.3 Å². The van der Waals surface area contributed by atoms with E-state index in [2.05, 4.69) is 65.7 Å². The number of carbonyl (C=O) groups is 4. The molecule has 10 unspecified atom stereocenters. The predicted molar refractivity (Wildman–Crippen MR) is 539 cm³/mol. The van der Waals surface area contributed by atoms with E-state index < -0.39 is 35.4 Å². The van der Waals surface area contributed by atoms with Gasteiger partial charge < -0.3 is 78.7 Å². The van der Waals surface area contributed by atoms with Gasteiger partial charge in [0.2, 0.25) is 11.3 Å². The summed E-state index contributed by atoms with van der Waals surface area (Å²) in [6, 6.07) is 13.8. The van der Waals surface area contributed by atoms with Gasteiger partial charge in [-0.2, -0.15) is 25.5 Å². The Morgan fingerprint density at radius 3 is 0.973 bits per heavy atom. The van der Waals surface area contributed by atoms with Crippen molar-refractivity contribution in [1.29, 1.82) is 0 Å². The van der Waals surface area contributed by atoms with Crippen LogP contribution in [0, 0.1) is 95.2 Å². The molecule has 5 aliphatic carbocycles. The van der Waals surface area contributed by atoms with E-state index in [4.69, 9.17) is 30.2 Å². The largest absolute Gasteiger partial charge is 1.00 e. The Labute approximate surface area is 881 Å². The van der Waals surface area contributed by atoms with Gasteiger partial charge >= 0.3 is 29.6 Å². The molecule has 20 atom stereocenters. The maximum atomic E-state index is 14.5. The first-order chi connectivity index (χ1) is 70.5. The Kier molecular flexibility index (Phi) is 28.3. The van der Waals surface area contributed by atoms with Crippen LogP contribution in [0.2, 0.25) is 0 Å². The van der Waals surface area contributed by atoms with Crippen molar-refractivity contribution in [1.82, 2.24) is 106 Å². The zero-order chi connectivity index (χ0) is 101. The number of aryl methyl sites for hydroxylation is 1. The van der Waals surface area contributed by atoms with Crippen LogP contribution < -0.4 is 108 Å². The van der Waals surface area contributed by atoms with Gasteiger partial charge in [-0.25, -0.2) is 69.4 Å². The molecule has 5 saturated carbocycles. The van der Waals surface area contributed by atoms with E-state index in [0.717, 1.165) is 94.7 Å². The Morgan fingerprint density at radius 2 is 0.667 bits per heavy atom. The van der Waals surface area contributed by atoms with Crippen LogP contribution in [-0.2, 0) is 9.59 Å². The minimum atomic E-state index is -0.463. The normalized spacial score (nSPS) is 24.7. The number of rotatable bonds is 16. The van der Waals surface area contributed by atoms with Crippen LogP contribution in [0.1, 0.15) is 215 Å². The van der Waals surface area contributed by atoms with Crippen molar-refractivity contribution in [2.24, 2.45) is 64.9 Å². The summed E-state index contributed by atoms with van der Waals surface area (Å²) in [5, 5.41) is 26.6. The molecule has 27 rings (SSSR count). The monoisotopic (exact) mass is 2080 g/mol. The topological polar surface area (TPSA) is 444 Å². The average molecular weight is 2090 g/mol. The van der Waals surface area contributed by atoms with Crippen molar-refractivity contribution in [3.63, 3.8) is 0 Å². The van der Waals surface area contributed by atoms with E-state index in [-0.39, 0.29) is 186 Å². The molecule has 0 spiro atoms. The van der Waals surface area contributed by atoms with E-state index >= 15 is 0 Å². The second-order valence-corrected chi connectivity index (χ2v) is 40.8. The third-order valence-electron chi connectivity index (χ3n) is 31.7. The van der Waals surface area contributed by atoms with E-state index in [0.29, 0.717) is 151 Å². The molecule has 778 valence electrons. The van der Waals surface area contributed by atoms with Crippen LogP contribution >= 0.6 is 12.4 Å². The van der Waals surface area contributed by atoms with E-state index in [9.17, 15) is 65.1 Å². The van der Waals surface area contributed by atoms with Crippen LogP contribution in [0.3, 0.4) is 0 Å². The van der Waals surface area contributed by atoms with Crippen LogP contribution in [-0.4, -0.2) is 178 Å². The third-order valence-corrected chi connectivity index (χ3v) is 31.7. The molecule has 12 aliphatic rings. The van der Waals surface area contributed by atoms with Crippen molar-refractivity contribution in [2.45, 2.75) is 168 Å². The molecular weight excluding hydrogens is 1970 g/mol. The minimum absolute atomic E-state index is 0. The quantitative estimate of drug-likeness (QED) is 0.0463. The molecule has 150 heavy (non-hydrogen) atoms. The molecule has 15 aromatic heterocycles. The average Bonchev–Trinajstić information content (AvgIpc) is 1.55. The molecule has 40 nitrogen and oxygen atoms in total. The number of carbonyl (C=O) groups excluding carboxylic acids is 4. The van der Waals surface area contributed by atoms with Gasteiger partial charge in [-0.05, 0) is 206 Å². The van der Waals surface area contributed by atoms with Crippen LogP contribution in [0.5, 0.6) is 11.5 Å². The summed E-state index contributed by atoms with van der Waals surface area (Å²) in [5.74, 6) is 5.21. The molecule has 0 radical (unpaired) electrons. The van der Waals surface area contributed by atoms with E-state index in [1.165, 1.54) is 113 Å². The van der Waals surface area contributed by atoms with Gasteiger partial charge in [-0.15, -0.1) is 12.4 Å². The Balaban J connectivity index is 0.000000117. The number of halogens is 6. The number of amides is 2. The summed E-state index contributed by atoms with van der Waals surface area (Å²) >= 11 is 0. The molecule has 47 heteroatoms. The number of nitrogens with zero attached hydrogens (tertiary/aromatic N) is 25. The fraction of sp³-hybridized carbons (Fsp3) is 0.427. The number of hydrogen-bond donors (Lipinski definition) is 3. The Morgan fingerprint density at radius 1 is 0.400 bits per heavy atom. The van der Waals surface area contributed by atoms with Crippen molar-refractivity contribution in [3.8, 4) is 11.5 Å². The number of pyridine rings is 5. The number of piperidine rings is 5. The Bertz CT molecular complexity index is 7770. The molecule has 10 fully saturated rings. The maximum absolute atomic E-state index is 14.5. The third kappa shape index (κ3) is 18.6. The molecule has 0 aromatic carbocycles. The van der Waals surface area contributed by atoms with Gasteiger partial charge in [0.15, 0.2) is 28.4 Å². The van der Waals surface area contributed by atoms with Gasteiger partial charge in [0, 0.05) is 166 Å². The number of anilines is 5. The number of aromatic nitrogens is 20. The summed E-state index contributed by atoms with van der Waals surface area (Å²) < 4.78 is 97.4. The SMILES string of the molecule is C.CC[C@H](C)n1cc(F)cc(C2C3CC3CN2c2ccn3ncc(C)c3n2)c1=O.CC[C@H](C)n1cc(F)cc(C2C3CC3CN2c2ccn3ncc(OC=O)c3n2)c1=O.C[C@@H](CN)n1cc(F)cc(C2C3CC3CN2c2ccn3ncc(OC=O)c3n2)c1=O.C[C@H]1CNC(=O)c2cnn3ccc(nc23)N2CC3C[C@@H]3[C@H]2c2cc(F)cn1c2=O.C[C@H]1CNC(=O)c2cnn3ccc(nc23)N2C[C@H]3C[C@H]3[C@@H]2c2cc(F)cn1c2=O.Cl.[Na+].[OH-]. The molecule has 22 heterocycles. The first kappa shape index (κ1) is 104. The van der Waals surface area contributed by atoms with E-state index in [1.54, 1.807) is 75.9 Å². The molecule has 7 aliphatic heterocycles. The number of nitrogens with one attached hydrogen (secondary N) is 2.